The van der Waals surface area contributed by atoms with Gasteiger partial charge in [0.25, 0.3) is 5.91 Å². The van der Waals surface area contributed by atoms with E-state index >= 15 is 0 Å². The van der Waals surface area contributed by atoms with Gasteiger partial charge in [-0.2, -0.15) is 0 Å². The molecule has 3 rings (SSSR count). The molecule has 2 amide bonds. The Morgan fingerprint density at radius 2 is 1.88 bits per heavy atom. The van der Waals surface area contributed by atoms with E-state index in [1.54, 1.807) is 17.0 Å². The van der Waals surface area contributed by atoms with Crippen LogP contribution in [0.25, 0.3) is 0 Å². The average Bonchev–Trinajstić information content (AvgIpc) is 2.73. The molecule has 0 bridgehead atoms. The maximum absolute atomic E-state index is 13.1. The van der Waals surface area contributed by atoms with Crippen LogP contribution in [0.4, 0.5) is 4.39 Å². The van der Waals surface area contributed by atoms with Crippen molar-refractivity contribution in [3.8, 4) is 5.75 Å². The molecule has 34 heavy (non-hydrogen) atoms. The molecule has 2 aromatic carbocycles. The normalized spacial score (nSPS) is 16.8. The molecular formula is C23H27ClFN3O5S. The van der Waals surface area contributed by atoms with Crippen molar-refractivity contribution in [1.82, 2.24) is 14.5 Å². The van der Waals surface area contributed by atoms with Gasteiger partial charge in [0.2, 0.25) is 15.9 Å². The highest BCUT2D eigenvalue weighted by Gasteiger charge is 2.28. The Morgan fingerprint density at radius 3 is 2.53 bits per heavy atom. The smallest absolute Gasteiger partial charge is 0.260 e. The van der Waals surface area contributed by atoms with E-state index in [2.05, 4.69) is 4.90 Å². The number of sulfonamides is 1. The molecule has 8 nitrogen and oxygen atoms in total. The van der Waals surface area contributed by atoms with Crippen molar-refractivity contribution in [3.63, 3.8) is 0 Å². The van der Waals surface area contributed by atoms with E-state index in [1.807, 2.05) is 11.6 Å². The number of hydrogen-bond donors (Lipinski definition) is 1. The summed E-state index contributed by atoms with van der Waals surface area (Å²) in [5.74, 6) is -1.51. The second-order valence-electron chi connectivity index (χ2n) is 8.26. The van der Waals surface area contributed by atoms with E-state index < -0.39 is 21.7 Å². The zero-order chi connectivity index (χ0) is 24.9. The van der Waals surface area contributed by atoms with E-state index in [0.29, 0.717) is 31.2 Å². The first-order valence-electron chi connectivity index (χ1n) is 10.7. The summed E-state index contributed by atoms with van der Waals surface area (Å²) in [6, 6.07) is 10.8. The third kappa shape index (κ3) is 7.41. The first-order chi connectivity index (χ1) is 16.0. The number of carbonyl (C=O) groups excluding carboxylic acids is 2. The molecule has 184 valence electrons. The van der Waals surface area contributed by atoms with Crippen molar-refractivity contribution >= 4 is 33.4 Å². The van der Waals surface area contributed by atoms with Crippen LogP contribution in [0.5, 0.6) is 5.75 Å². The van der Waals surface area contributed by atoms with E-state index in [4.69, 9.17) is 16.3 Å². The van der Waals surface area contributed by atoms with Gasteiger partial charge >= 0.3 is 0 Å². The molecule has 1 saturated heterocycles. The lowest BCUT2D eigenvalue weighted by Crippen LogP contribution is -2.54. The standard InChI is InChI=1S/C23H27ClFN3O5S/c1-16-12-27(13-18-3-6-21(25)7-4-18)9-10-28(16)23(30)14-33-22-8-5-20(24)11-19(22)15-34(31,32)26-17(2)29/h3-8,11,16H,9-10,12-15H2,1-2H3,(H,26,29)/t16-/m1/s1. The van der Waals surface area contributed by atoms with Crippen LogP contribution < -0.4 is 9.46 Å². The number of amides is 2. The minimum Gasteiger partial charge on any atom is -0.483 e. The maximum atomic E-state index is 13.1. The van der Waals surface area contributed by atoms with Crippen LogP contribution in [-0.4, -0.2) is 62.3 Å². The minimum atomic E-state index is -3.94. The molecule has 0 aromatic heterocycles. The molecule has 1 heterocycles. The number of rotatable bonds is 8. The van der Waals surface area contributed by atoms with Crippen LogP contribution in [-0.2, 0) is 31.9 Å². The summed E-state index contributed by atoms with van der Waals surface area (Å²) in [4.78, 5) is 27.9. The molecule has 2 aromatic rings. The molecule has 0 radical (unpaired) electrons. The fourth-order valence-electron chi connectivity index (χ4n) is 3.88. The second kappa shape index (κ2) is 11.2. The van der Waals surface area contributed by atoms with Gasteiger partial charge in [-0.3, -0.25) is 19.2 Å². The molecule has 1 aliphatic rings. The Hall–Kier alpha value is -2.69. The number of benzene rings is 2. The fourth-order valence-corrected chi connectivity index (χ4v) is 5.22. The van der Waals surface area contributed by atoms with Crippen LogP contribution in [0.1, 0.15) is 25.0 Å². The highest BCUT2D eigenvalue weighted by atomic mass is 35.5. The number of halogens is 2. The van der Waals surface area contributed by atoms with Gasteiger partial charge in [0.05, 0.1) is 5.75 Å². The summed E-state index contributed by atoms with van der Waals surface area (Å²) in [5.41, 5.74) is 1.24. The molecule has 0 aliphatic carbocycles. The summed E-state index contributed by atoms with van der Waals surface area (Å²) in [6.45, 7) is 5.28. The van der Waals surface area contributed by atoms with Crippen LogP contribution in [0.2, 0.25) is 5.02 Å². The van der Waals surface area contributed by atoms with Gasteiger partial charge in [0, 0.05) is 49.7 Å². The van der Waals surface area contributed by atoms with Crippen molar-refractivity contribution in [1.29, 1.82) is 0 Å². The summed E-state index contributed by atoms with van der Waals surface area (Å²) in [7, 11) is -3.94. The van der Waals surface area contributed by atoms with E-state index in [1.165, 1.54) is 30.3 Å². The van der Waals surface area contributed by atoms with E-state index in [-0.39, 0.29) is 35.7 Å². The summed E-state index contributed by atoms with van der Waals surface area (Å²) in [5, 5.41) is 0.303. The summed E-state index contributed by atoms with van der Waals surface area (Å²) in [6.07, 6.45) is 0. The van der Waals surface area contributed by atoms with Crippen LogP contribution in [0.15, 0.2) is 42.5 Å². The van der Waals surface area contributed by atoms with Crippen LogP contribution in [0.3, 0.4) is 0 Å². The van der Waals surface area contributed by atoms with Crippen LogP contribution in [0, 0.1) is 5.82 Å². The van der Waals surface area contributed by atoms with E-state index in [9.17, 15) is 22.4 Å². The van der Waals surface area contributed by atoms with E-state index in [0.717, 1.165) is 12.5 Å². The number of nitrogens with zero attached hydrogens (tertiary/aromatic N) is 2. The molecular weight excluding hydrogens is 485 g/mol. The van der Waals surface area contributed by atoms with Crippen molar-refractivity contribution in [2.24, 2.45) is 0 Å². The lowest BCUT2D eigenvalue weighted by atomic mass is 10.1. The number of ether oxygens (including phenoxy) is 1. The lowest BCUT2D eigenvalue weighted by molar-refractivity contribution is -0.138. The van der Waals surface area contributed by atoms with Gasteiger partial charge in [0.15, 0.2) is 6.61 Å². The van der Waals surface area contributed by atoms with Gasteiger partial charge in [-0.05, 0) is 42.8 Å². The Bertz CT molecular complexity index is 1140. The number of hydrogen-bond acceptors (Lipinski definition) is 6. The Morgan fingerprint density at radius 1 is 1.18 bits per heavy atom. The number of piperazine rings is 1. The maximum Gasteiger partial charge on any atom is 0.260 e. The molecule has 0 saturated carbocycles. The Balaban J connectivity index is 1.58. The third-order valence-electron chi connectivity index (χ3n) is 5.37. The second-order valence-corrected chi connectivity index (χ2v) is 10.4. The first-order valence-corrected chi connectivity index (χ1v) is 12.7. The topological polar surface area (TPSA) is 96.0 Å². The molecule has 1 atom stereocenters. The minimum absolute atomic E-state index is 0.0601. The zero-order valence-corrected chi connectivity index (χ0v) is 20.5. The average molecular weight is 512 g/mol. The summed E-state index contributed by atoms with van der Waals surface area (Å²) < 4.78 is 45.0. The Kier molecular flexibility index (Phi) is 8.51. The monoisotopic (exact) mass is 511 g/mol. The molecule has 1 fully saturated rings. The van der Waals surface area contributed by atoms with Crippen molar-refractivity contribution in [2.75, 3.05) is 26.2 Å². The molecule has 1 N–H and O–H groups in total. The quantitative estimate of drug-likeness (QED) is 0.585. The van der Waals surface area contributed by atoms with Crippen molar-refractivity contribution < 1.29 is 27.1 Å². The number of carbonyl (C=O) groups is 2. The molecule has 1 aliphatic heterocycles. The van der Waals surface area contributed by atoms with Gasteiger partial charge in [-0.1, -0.05) is 23.7 Å². The largest absolute Gasteiger partial charge is 0.483 e. The van der Waals surface area contributed by atoms with Gasteiger partial charge in [0.1, 0.15) is 11.6 Å². The zero-order valence-electron chi connectivity index (χ0n) is 19.0. The number of nitrogens with one attached hydrogen (secondary N) is 1. The predicted molar refractivity (Wildman–Crippen MR) is 126 cm³/mol. The SMILES string of the molecule is CC(=O)NS(=O)(=O)Cc1cc(Cl)ccc1OCC(=O)N1CCN(Cc2ccc(F)cc2)C[C@H]1C. The summed E-state index contributed by atoms with van der Waals surface area (Å²) >= 11 is 6.00. The highest BCUT2D eigenvalue weighted by Crippen LogP contribution is 2.25. The molecule has 11 heteroatoms. The van der Waals surface area contributed by atoms with Crippen LogP contribution >= 0.6 is 11.6 Å². The predicted octanol–water partition coefficient (Wildman–Crippen LogP) is 2.56. The molecule has 0 spiro atoms. The van der Waals surface area contributed by atoms with Gasteiger partial charge in [-0.15, -0.1) is 0 Å². The highest BCUT2D eigenvalue weighted by molar-refractivity contribution is 7.89. The molecule has 0 unspecified atom stereocenters. The lowest BCUT2D eigenvalue weighted by Gasteiger charge is -2.39. The van der Waals surface area contributed by atoms with Gasteiger partial charge < -0.3 is 9.64 Å². The first kappa shape index (κ1) is 25.9. The third-order valence-corrected chi connectivity index (χ3v) is 6.89. The van der Waals surface area contributed by atoms with Crippen molar-refractivity contribution in [3.05, 3.63) is 64.4 Å². The van der Waals surface area contributed by atoms with Crippen molar-refractivity contribution in [2.45, 2.75) is 32.2 Å². The van der Waals surface area contributed by atoms with Gasteiger partial charge in [-0.25, -0.2) is 12.8 Å². The fraction of sp³-hybridized carbons (Fsp3) is 0.391. The Labute approximate surface area is 203 Å².